The summed E-state index contributed by atoms with van der Waals surface area (Å²) in [5.74, 6) is -1.98. The zero-order valence-corrected chi connectivity index (χ0v) is 10.6. The summed E-state index contributed by atoms with van der Waals surface area (Å²) >= 11 is 0. The molecule has 19 heavy (non-hydrogen) atoms. The molecule has 0 unspecified atom stereocenters. The Morgan fingerprint density at radius 3 is 2.37 bits per heavy atom. The summed E-state index contributed by atoms with van der Waals surface area (Å²) in [6.45, 7) is 1.81. The molecule has 0 spiro atoms. The predicted molar refractivity (Wildman–Crippen MR) is 65.2 cm³/mol. The molecule has 0 aliphatic carbocycles. The SMILES string of the molecule is Cc1ccc(S(=O)(=O)n2nnc(C(=O)O)c2N)cc1. The molecule has 9 heteroatoms. The van der Waals surface area contributed by atoms with Crippen molar-refractivity contribution in [1.82, 2.24) is 14.4 Å². The zero-order chi connectivity index (χ0) is 14.2. The number of nitrogen functional groups attached to an aromatic ring is 1. The van der Waals surface area contributed by atoms with Crippen LogP contribution in [0, 0.1) is 6.92 Å². The van der Waals surface area contributed by atoms with Crippen molar-refractivity contribution in [2.75, 3.05) is 5.73 Å². The molecule has 0 saturated heterocycles. The van der Waals surface area contributed by atoms with Gasteiger partial charge in [0, 0.05) is 0 Å². The van der Waals surface area contributed by atoms with Crippen molar-refractivity contribution < 1.29 is 18.3 Å². The van der Waals surface area contributed by atoms with Crippen molar-refractivity contribution in [1.29, 1.82) is 0 Å². The number of hydrogen-bond donors (Lipinski definition) is 2. The third-order valence-corrected chi connectivity index (χ3v) is 4.02. The molecule has 1 aromatic carbocycles. The Hall–Kier alpha value is -2.42. The third kappa shape index (κ3) is 2.15. The monoisotopic (exact) mass is 282 g/mol. The van der Waals surface area contributed by atoms with Gasteiger partial charge in [-0.2, -0.15) is 8.42 Å². The van der Waals surface area contributed by atoms with E-state index in [1.807, 2.05) is 6.92 Å². The number of carboxylic acid groups (broad SMARTS) is 1. The molecule has 1 aromatic heterocycles. The number of aryl methyl sites for hydroxylation is 1. The maximum atomic E-state index is 12.2. The fourth-order valence-corrected chi connectivity index (χ4v) is 2.57. The van der Waals surface area contributed by atoms with E-state index in [1.165, 1.54) is 12.1 Å². The van der Waals surface area contributed by atoms with Gasteiger partial charge in [-0.3, -0.25) is 0 Å². The Morgan fingerprint density at radius 2 is 1.89 bits per heavy atom. The Bertz CT molecular complexity index is 733. The molecule has 8 nitrogen and oxygen atoms in total. The van der Waals surface area contributed by atoms with Crippen LogP contribution in [0.15, 0.2) is 29.2 Å². The minimum absolute atomic E-state index is 0.0494. The number of aromatic carboxylic acids is 1. The zero-order valence-electron chi connectivity index (χ0n) is 9.81. The van der Waals surface area contributed by atoms with Gasteiger partial charge in [0.05, 0.1) is 4.90 Å². The van der Waals surface area contributed by atoms with Crippen LogP contribution >= 0.6 is 0 Å². The highest BCUT2D eigenvalue weighted by atomic mass is 32.2. The van der Waals surface area contributed by atoms with E-state index in [0.29, 0.717) is 4.09 Å². The average molecular weight is 282 g/mol. The fourth-order valence-electron chi connectivity index (χ4n) is 1.42. The lowest BCUT2D eigenvalue weighted by molar-refractivity contribution is 0.0691. The average Bonchev–Trinajstić information content (AvgIpc) is 2.72. The van der Waals surface area contributed by atoms with Crippen LogP contribution < -0.4 is 5.73 Å². The van der Waals surface area contributed by atoms with Gasteiger partial charge in [-0.25, -0.2) is 4.79 Å². The standard InChI is InChI=1S/C10H10N4O4S/c1-6-2-4-7(5-3-6)19(17,18)14-9(11)8(10(15)16)12-13-14/h2-5H,11H2,1H3,(H,15,16). The second-order valence-electron chi connectivity index (χ2n) is 3.79. The lowest BCUT2D eigenvalue weighted by Gasteiger charge is -2.05. The summed E-state index contributed by atoms with van der Waals surface area (Å²) in [6, 6.07) is 5.98. The maximum absolute atomic E-state index is 12.2. The molecular weight excluding hydrogens is 272 g/mol. The quantitative estimate of drug-likeness (QED) is 0.817. The molecule has 0 radical (unpaired) electrons. The number of nitrogens with zero attached hydrogens (tertiary/aromatic N) is 3. The lowest BCUT2D eigenvalue weighted by Crippen LogP contribution is -2.17. The van der Waals surface area contributed by atoms with Gasteiger partial charge in [0.15, 0.2) is 5.82 Å². The number of aromatic nitrogens is 3. The fraction of sp³-hybridized carbons (Fsp3) is 0.100. The van der Waals surface area contributed by atoms with Gasteiger partial charge in [0.25, 0.3) is 10.0 Å². The van der Waals surface area contributed by atoms with Crippen LogP contribution in [0.5, 0.6) is 0 Å². The highest BCUT2D eigenvalue weighted by Crippen LogP contribution is 2.18. The molecule has 0 bridgehead atoms. The topological polar surface area (TPSA) is 128 Å². The van der Waals surface area contributed by atoms with E-state index >= 15 is 0 Å². The summed E-state index contributed by atoms with van der Waals surface area (Å²) in [6.07, 6.45) is 0. The van der Waals surface area contributed by atoms with Crippen LogP contribution in [0.2, 0.25) is 0 Å². The van der Waals surface area contributed by atoms with Gasteiger partial charge in [-0.15, -0.1) is 9.19 Å². The van der Waals surface area contributed by atoms with E-state index in [1.54, 1.807) is 12.1 Å². The largest absolute Gasteiger partial charge is 0.476 e. The summed E-state index contributed by atoms with van der Waals surface area (Å²) in [5, 5.41) is 15.3. The molecule has 100 valence electrons. The molecule has 0 fully saturated rings. The van der Waals surface area contributed by atoms with Gasteiger partial charge in [0.2, 0.25) is 5.69 Å². The molecule has 0 atom stereocenters. The molecule has 0 amide bonds. The number of carboxylic acids is 1. The van der Waals surface area contributed by atoms with Crippen molar-refractivity contribution in [3.63, 3.8) is 0 Å². The van der Waals surface area contributed by atoms with Crippen LogP contribution in [0.4, 0.5) is 5.82 Å². The van der Waals surface area contributed by atoms with E-state index < -0.39 is 27.5 Å². The minimum Gasteiger partial charge on any atom is -0.476 e. The van der Waals surface area contributed by atoms with E-state index in [4.69, 9.17) is 10.8 Å². The Labute approximate surface area is 108 Å². The van der Waals surface area contributed by atoms with Gasteiger partial charge >= 0.3 is 5.97 Å². The Morgan fingerprint density at radius 1 is 1.32 bits per heavy atom. The molecule has 0 saturated carbocycles. The first-order valence-electron chi connectivity index (χ1n) is 5.11. The summed E-state index contributed by atoms with van der Waals surface area (Å²) in [4.78, 5) is 10.7. The predicted octanol–water partition coefficient (Wildman–Crippen LogP) is 0.104. The smallest absolute Gasteiger partial charge is 0.360 e. The number of carbonyl (C=O) groups is 1. The van der Waals surface area contributed by atoms with E-state index in [9.17, 15) is 13.2 Å². The van der Waals surface area contributed by atoms with E-state index in [-0.39, 0.29) is 4.90 Å². The van der Waals surface area contributed by atoms with Crippen molar-refractivity contribution in [3.8, 4) is 0 Å². The molecule has 2 rings (SSSR count). The van der Waals surface area contributed by atoms with Crippen molar-refractivity contribution in [2.45, 2.75) is 11.8 Å². The minimum atomic E-state index is -4.04. The van der Waals surface area contributed by atoms with Gasteiger partial charge < -0.3 is 10.8 Å². The van der Waals surface area contributed by atoms with Crippen molar-refractivity contribution in [3.05, 3.63) is 35.5 Å². The van der Waals surface area contributed by atoms with Gasteiger partial charge in [-0.05, 0) is 24.3 Å². The molecule has 3 N–H and O–H groups in total. The second-order valence-corrected chi connectivity index (χ2v) is 5.56. The molecule has 0 aliphatic rings. The first-order valence-corrected chi connectivity index (χ1v) is 6.55. The van der Waals surface area contributed by atoms with Gasteiger partial charge in [0.1, 0.15) is 0 Å². The molecule has 1 heterocycles. The normalized spacial score (nSPS) is 11.4. The molecular formula is C10H10N4O4S. The summed E-state index contributed by atoms with van der Waals surface area (Å²) in [7, 11) is -4.04. The molecule has 0 aliphatic heterocycles. The highest BCUT2D eigenvalue weighted by Gasteiger charge is 2.25. The van der Waals surface area contributed by atoms with E-state index in [2.05, 4.69) is 10.3 Å². The van der Waals surface area contributed by atoms with Crippen LogP contribution in [-0.4, -0.2) is 33.9 Å². The first-order chi connectivity index (χ1) is 8.84. The van der Waals surface area contributed by atoms with Gasteiger partial charge in [-0.1, -0.05) is 17.7 Å². The highest BCUT2D eigenvalue weighted by molar-refractivity contribution is 7.90. The van der Waals surface area contributed by atoms with Crippen molar-refractivity contribution in [2.24, 2.45) is 0 Å². The third-order valence-electron chi connectivity index (χ3n) is 2.42. The van der Waals surface area contributed by atoms with Crippen LogP contribution in [0.3, 0.4) is 0 Å². The lowest BCUT2D eigenvalue weighted by atomic mass is 10.2. The number of nitrogens with two attached hydrogens (primary N) is 1. The Balaban J connectivity index is 2.57. The number of anilines is 1. The molecule has 2 aromatic rings. The summed E-state index contributed by atoms with van der Waals surface area (Å²) < 4.78 is 24.8. The number of hydrogen-bond acceptors (Lipinski definition) is 6. The van der Waals surface area contributed by atoms with Crippen LogP contribution in [-0.2, 0) is 10.0 Å². The maximum Gasteiger partial charge on any atom is 0.360 e. The summed E-state index contributed by atoms with van der Waals surface area (Å²) in [5.41, 5.74) is 5.72. The second kappa shape index (κ2) is 4.35. The van der Waals surface area contributed by atoms with Crippen molar-refractivity contribution >= 4 is 21.8 Å². The number of benzene rings is 1. The van der Waals surface area contributed by atoms with Crippen LogP contribution in [0.1, 0.15) is 16.1 Å². The van der Waals surface area contributed by atoms with E-state index in [0.717, 1.165) is 5.56 Å². The van der Waals surface area contributed by atoms with Crippen LogP contribution in [0.25, 0.3) is 0 Å². The number of rotatable bonds is 3. The first kappa shape index (κ1) is 13.0. The Kier molecular flexibility index (Phi) is 2.98.